The fraction of sp³-hybridized carbons (Fsp3) is 0.231. The van der Waals surface area contributed by atoms with Crippen molar-refractivity contribution in [2.45, 2.75) is 25.7 Å². The first-order valence-electron chi connectivity index (χ1n) is 10.9. The third-order valence-corrected chi connectivity index (χ3v) is 7.39. The third-order valence-electron chi connectivity index (χ3n) is 5.61. The van der Waals surface area contributed by atoms with E-state index in [1.54, 1.807) is 62.6 Å². The fourth-order valence-electron chi connectivity index (χ4n) is 3.46. The lowest BCUT2D eigenvalue weighted by Crippen LogP contribution is -2.40. The molecule has 0 saturated carbocycles. The summed E-state index contributed by atoms with van der Waals surface area (Å²) >= 11 is 0. The van der Waals surface area contributed by atoms with Gasteiger partial charge in [0.25, 0.3) is 15.9 Å². The Morgan fingerprint density at radius 1 is 0.943 bits per heavy atom. The van der Waals surface area contributed by atoms with Crippen molar-refractivity contribution in [1.82, 2.24) is 5.43 Å². The highest BCUT2D eigenvalue weighted by atomic mass is 32.2. The highest BCUT2D eigenvalue weighted by Gasteiger charge is 2.28. The van der Waals surface area contributed by atoms with Gasteiger partial charge in [-0.15, -0.1) is 0 Å². The van der Waals surface area contributed by atoms with E-state index >= 15 is 0 Å². The minimum Gasteiger partial charge on any atom is -0.493 e. The van der Waals surface area contributed by atoms with Crippen LogP contribution in [0.3, 0.4) is 0 Å². The molecular weight excluding hydrogens is 466 g/mol. The van der Waals surface area contributed by atoms with Gasteiger partial charge >= 0.3 is 0 Å². The molecule has 0 atom stereocenters. The van der Waals surface area contributed by atoms with Gasteiger partial charge < -0.3 is 9.47 Å². The van der Waals surface area contributed by atoms with Crippen LogP contribution in [0.1, 0.15) is 23.6 Å². The lowest BCUT2D eigenvalue weighted by Gasteiger charge is -2.26. The summed E-state index contributed by atoms with van der Waals surface area (Å²) < 4.78 is 38.7. The van der Waals surface area contributed by atoms with Gasteiger partial charge in [0.1, 0.15) is 6.54 Å². The quantitative estimate of drug-likeness (QED) is 0.357. The Morgan fingerprint density at radius 3 is 2.29 bits per heavy atom. The molecule has 1 amide bonds. The molecule has 0 aliphatic carbocycles. The molecule has 1 N–H and O–H groups in total. The molecule has 0 spiro atoms. The number of ether oxygens (including phenoxy) is 2. The molecule has 0 unspecified atom stereocenters. The lowest BCUT2D eigenvalue weighted by molar-refractivity contribution is -0.119. The zero-order chi connectivity index (χ0) is 25.6. The largest absolute Gasteiger partial charge is 0.493 e. The van der Waals surface area contributed by atoms with E-state index in [2.05, 4.69) is 10.5 Å². The molecule has 3 rings (SSSR count). The number of hydrazone groups is 1. The number of methoxy groups -OCH3 is 2. The van der Waals surface area contributed by atoms with E-state index in [1.807, 2.05) is 19.9 Å². The summed E-state index contributed by atoms with van der Waals surface area (Å²) in [5.41, 5.74) is 5.83. The number of rotatable bonds is 9. The first-order chi connectivity index (χ1) is 16.7. The van der Waals surface area contributed by atoms with E-state index in [0.717, 1.165) is 15.4 Å². The number of anilines is 1. The summed E-state index contributed by atoms with van der Waals surface area (Å²) in [5, 5.41) is 4.17. The van der Waals surface area contributed by atoms with Gasteiger partial charge in [0, 0.05) is 5.56 Å². The Morgan fingerprint density at radius 2 is 1.63 bits per heavy atom. The number of sulfonamides is 1. The SMILES string of the molecule is COc1ccc(/C(C)=N\NC(=O)CN(c2cccc(C)c2C)S(=O)(=O)c2ccccc2)cc1OC. The molecule has 3 aromatic rings. The van der Waals surface area contributed by atoms with Crippen molar-refractivity contribution in [3.05, 3.63) is 83.4 Å². The number of amides is 1. The van der Waals surface area contributed by atoms with E-state index < -0.39 is 22.5 Å². The molecule has 0 fully saturated rings. The topological polar surface area (TPSA) is 97.3 Å². The van der Waals surface area contributed by atoms with Crippen LogP contribution in [0.15, 0.2) is 76.7 Å². The van der Waals surface area contributed by atoms with Crippen molar-refractivity contribution in [3.8, 4) is 11.5 Å². The fourth-order valence-corrected chi connectivity index (χ4v) is 4.96. The maximum absolute atomic E-state index is 13.5. The Balaban J connectivity index is 1.89. The zero-order valence-corrected chi connectivity index (χ0v) is 21.2. The highest BCUT2D eigenvalue weighted by molar-refractivity contribution is 7.92. The molecule has 0 radical (unpaired) electrons. The van der Waals surface area contributed by atoms with Crippen LogP contribution in [0, 0.1) is 13.8 Å². The summed E-state index contributed by atoms with van der Waals surface area (Å²) in [4.78, 5) is 13.0. The average Bonchev–Trinajstić information content (AvgIpc) is 2.87. The molecule has 184 valence electrons. The summed E-state index contributed by atoms with van der Waals surface area (Å²) in [6, 6.07) is 18.6. The van der Waals surface area contributed by atoms with Crippen LogP contribution in [0.5, 0.6) is 11.5 Å². The highest BCUT2D eigenvalue weighted by Crippen LogP contribution is 2.29. The van der Waals surface area contributed by atoms with Gasteiger partial charge in [-0.1, -0.05) is 30.3 Å². The second-order valence-electron chi connectivity index (χ2n) is 7.85. The van der Waals surface area contributed by atoms with Crippen LogP contribution < -0.4 is 19.2 Å². The molecule has 9 heteroatoms. The van der Waals surface area contributed by atoms with Gasteiger partial charge in [0.15, 0.2) is 11.5 Å². The molecule has 0 aromatic heterocycles. The standard InChI is InChI=1S/C26H29N3O5S/c1-18-10-9-13-23(19(18)2)29(35(31,32)22-11-7-6-8-12-22)17-26(30)28-27-20(3)21-14-15-24(33-4)25(16-21)34-5/h6-16H,17H2,1-5H3,(H,28,30)/b27-20-. The smallest absolute Gasteiger partial charge is 0.264 e. The van der Waals surface area contributed by atoms with Crippen molar-refractivity contribution >= 4 is 27.3 Å². The first-order valence-corrected chi connectivity index (χ1v) is 12.3. The minimum atomic E-state index is -4.00. The van der Waals surface area contributed by atoms with Gasteiger partial charge in [-0.3, -0.25) is 9.10 Å². The van der Waals surface area contributed by atoms with Crippen molar-refractivity contribution < 1.29 is 22.7 Å². The van der Waals surface area contributed by atoms with Crippen molar-refractivity contribution in [1.29, 1.82) is 0 Å². The van der Waals surface area contributed by atoms with Gasteiger partial charge in [-0.2, -0.15) is 5.10 Å². The summed E-state index contributed by atoms with van der Waals surface area (Å²) in [5.74, 6) is 0.523. The van der Waals surface area contributed by atoms with Gasteiger partial charge in [0.2, 0.25) is 0 Å². The Hall–Kier alpha value is -3.85. The lowest BCUT2D eigenvalue weighted by atomic mass is 10.1. The number of hydrogen-bond acceptors (Lipinski definition) is 6. The normalized spacial score (nSPS) is 11.6. The summed E-state index contributed by atoms with van der Waals surface area (Å²) in [6.45, 7) is 5.01. The monoisotopic (exact) mass is 495 g/mol. The van der Waals surface area contributed by atoms with E-state index in [1.165, 1.54) is 19.2 Å². The summed E-state index contributed by atoms with van der Waals surface area (Å²) in [7, 11) is -0.924. The number of nitrogens with one attached hydrogen (secondary N) is 1. The van der Waals surface area contributed by atoms with Gasteiger partial charge in [-0.05, 0) is 68.3 Å². The Bertz CT molecular complexity index is 1340. The van der Waals surface area contributed by atoms with Crippen LogP contribution in [-0.4, -0.2) is 40.8 Å². The molecule has 0 bridgehead atoms. The number of benzene rings is 3. The van der Waals surface area contributed by atoms with Crippen LogP contribution >= 0.6 is 0 Å². The van der Waals surface area contributed by atoms with E-state index in [-0.39, 0.29) is 4.90 Å². The molecule has 0 aliphatic rings. The number of carbonyl (C=O) groups excluding carboxylic acids is 1. The molecule has 35 heavy (non-hydrogen) atoms. The van der Waals surface area contributed by atoms with Crippen LogP contribution in [-0.2, 0) is 14.8 Å². The Kier molecular flexibility index (Phi) is 8.14. The van der Waals surface area contributed by atoms with Gasteiger partial charge in [-0.25, -0.2) is 13.8 Å². The van der Waals surface area contributed by atoms with Crippen molar-refractivity contribution in [2.24, 2.45) is 5.10 Å². The molecule has 0 aliphatic heterocycles. The van der Waals surface area contributed by atoms with Crippen LogP contribution in [0.25, 0.3) is 0 Å². The van der Waals surface area contributed by atoms with Crippen molar-refractivity contribution in [3.63, 3.8) is 0 Å². The number of hydrogen-bond donors (Lipinski definition) is 1. The van der Waals surface area contributed by atoms with Crippen molar-refractivity contribution in [2.75, 3.05) is 25.1 Å². The molecular formula is C26H29N3O5S. The molecule has 0 saturated heterocycles. The molecule has 8 nitrogen and oxygen atoms in total. The van der Waals surface area contributed by atoms with Gasteiger partial charge in [0.05, 0.1) is 30.5 Å². The molecule has 3 aromatic carbocycles. The predicted octanol–water partition coefficient (Wildman–Crippen LogP) is 4.06. The number of nitrogens with zero attached hydrogens (tertiary/aromatic N) is 2. The molecule has 0 heterocycles. The maximum atomic E-state index is 13.5. The Labute approximate surface area is 206 Å². The maximum Gasteiger partial charge on any atom is 0.264 e. The second kappa shape index (κ2) is 11.1. The van der Waals surface area contributed by atoms with E-state index in [4.69, 9.17) is 9.47 Å². The van der Waals surface area contributed by atoms with E-state index in [9.17, 15) is 13.2 Å². The first kappa shape index (κ1) is 25.8. The minimum absolute atomic E-state index is 0.0960. The van der Waals surface area contributed by atoms with E-state index in [0.29, 0.717) is 28.5 Å². The predicted molar refractivity (Wildman–Crippen MR) is 137 cm³/mol. The second-order valence-corrected chi connectivity index (χ2v) is 9.71. The average molecular weight is 496 g/mol. The third kappa shape index (κ3) is 5.81. The van der Waals surface area contributed by atoms with Crippen LogP contribution in [0.4, 0.5) is 5.69 Å². The van der Waals surface area contributed by atoms with Crippen LogP contribution in [0.2, 0.25) is 0 Å². The number of carbonyl (C=O) groups is 1. The summed E-state index contributed by atoms with van der Waals surface area (Å²) in [6.07, 6.45) is 0. The number of aryl methyl sites for hydroxylation is 1. The zero-order valence-electron chi connectivity index (χ0n) is 20.4.